The Hall–Kier alpha value is -3.41. The fraction of sp³-hybridized carbons (Fsp3) is 0.263. The molecule has 0 saturated carbocycles. The number of nitrogens with one attached hydrogen (secondary N) is 1. The first kappa shape index (κ1) is 22.3. The van der Waals surface area contributed by atoms with Crippen molar-refractivity contribution < 1.29 is 37.2 Å². The van der Waals surface area contributed by atoms with Crippen LogP contribution in [0.2, 0.25) is 0 Å². The Balaban J connectivity index is 1.64. The van der Waals surface area contributed by atoms with E-state index >= 15 is 0 Å². The number of carbonyl (C=O) groups is 3. The summed E-state index contributed by atoms with van der Waals surface area (Å²) in [5.74, 6) is -1.12. The Bertz CT molecular complexity index is 1040. The summed E-state index contributed by atoms with van der Waals surface area (Å²) in [6, 6.07) is 5.60. The quantitative estimate of drug-likeness (QED) is 0.607. The third kappa shape index (κ3) is 5.40. The van der Waals surface area contributed by atoms with E-state index in [1.54, 1.807) is 6.92 Å². The number of carbonyl (C=O) groups excluding carboxylic acids is 3. The smallest absolute Gasteiger partial charge is 0.387 e. The number of hydrogen-bond acceptors (Lipinski definition) is 8. The van der Waals surface area contributed by atoms with Gasteiger partial charge in [-0.15, -0.1) is 0 Å². The minimum atomic E-state index is -3.01. The summed E-state index contributed by atoms with van der Waals surface area (Å²) in [6.45, 7) is -1.35. The van der Waals surface area contributed by atoms with Gasteiger partial charge in [0.15, 0.2) is 11.5 Å². The molecule has 31 heavy (non-hydrogen) atoms. The molecule has 0 spiro atoms. The van der Waals surface area contributed by atoms with Crippen LogP contribution in [-0.4, -0.2) is 53.9 Å². The number of amides is 3. The summed E-state index contributed by atoms with van der Waals surface area (Å²) in [7, 11) is 1.29. The molecule has 164 valence electrons. The Morgan fingerprint density at radius 2 is 2.10 bits per heavy atom. The Kier molecular flexibility index (Phi) is 6.90. The SMILES string of the molecule is COc1cc(/C=C2\SC(=O)N(CCNC(=O)c3cc(C)no3)C2=O)ccc1OC(F)F. The Morgan fingerprint density at radius 1 is 1.32 bits per heavy atom. The van der Waals surface area contributed by atoms with Crippen LogP contribution in [-0.2, 0) is 4.79 Å². The van der Waals surface area contributed by atoms with Crippen LogP contribution in [0.15, 0.2) is 33.7 Å². The normalized spacial score (nSPS) is 15.1. The highest BCUT2D eigenvalue weighted by Crippen LogP contribution is 2.34. The largest absolute Gasteiger partial charge is 0.493 e. The zero-order valence-corrected chi connectivity index (χ0v) is 17.2. The number of nitrogens with zero attached hydrogens (tertiary/aromatic N) is 2. The number of hydrogen-bond donors (Lipinski definition) is 1. The van der Waals surface area contributed by atoms with E-state index in [1.165, 1.54) is 37.5 Å². The van der Waals surface area contributed by atoms with Gasteiger partial charge in [0.25, 0.3) is 17.1 Å². The molecular formula is C19H17F2N3O6S. The maximum absolute atomic E-state index is 12.6. The lowest BCUT2D eigenvalue weighted by atomic mass is 10.2. The number of alkyl halides is 2. The van der Waals surface area contributed by atoms with Crippen molar-refractivity contribution in [2.45, 2.75) is 13.5 Å². The molecule has 3 amide bonds. The molecule has 2 aromatic rings. The first-order chi connectivity index (χ1) is 14.8. The molecule has 1 aromatic heterocycles. The van der Waals surface area contributed by atoms with Crippen molar-refractivity contribution in [2.75, 3.05) is 20.2 Å². The lowest BCUT2D eigenvalue weighted by Gasteiger charge is -2.12. The van der Waals surface area contributed by atoms with Gasteiger partial charge in [-0.25, -0.2) is 0 Å². The molecule has 0 bridgehead atoms. The molecule has 0 unspecified atom stereocenters. The second kappa shape index (κ2) is 9.60. The van der Waals surface area contributed by atoms with Crippen LogP contribution in [0.25, 0.3) is 6.08 Å². The molecule has 0 atom stereocenters. The summed E-state index contributed by atoms with van der Waals surface area (Å²) in [5, 5.41) is 5.66. The monoisotopic (exact) mass is 453 g/mol. The predicted octanol–water partition coefficient (Wildman–Crippen LogP) is 3.06. The molecule has 1 saturated heterocycles. The molecule has 0 radical (unpaired) electrons. The Morgan fingerprint density at radius 3 is 2.74 bits per heavy atom. The first-order valence-corrected chi connectivity index (χ1v) is 9.70. The molecule has 9 nitrogen and oxygen atoms in total. The number of thioether (sulfide) groups is 1. The van der Waals surface area contributed by atoms with Crippen LogP contribution in [0.3, 0.4) is 0 Å². The van der Waals surface area contributed by atoms with Crippen molar-refractivity contribution in [1.29, 1.82) is 0 Å². The van der Waals surface area contributed by atoms with Crippen LogP contribution in [0, 0.1) is 6.92 Å². The number of ether oxygens (including phenoxy) is 2. The molecule has 3 rings (SSSR count). The zero-order valence-electron chi connectivity index (χ0n) is 16.4. The number of methoxy groups -OCH3 is 1. The molecule has 0 aliphatic carbocycles. The number of imide groups is 1. The highest BCUT2D eigenvalue weighted by molar-refractivity contribution is 8.18. The van der Waals surface area contributed by atoms with Crippen LogP contribution < -0.4 is 14.8 Å². The summed E-state index contributed by atoms with van der Waals surface area (Å²) in [5.41, 5.74) is 1.00. The van der Waals surface area contributed by atoms with Crippen LogP contribution >= 0.6 is 11.8 Å². The standard InChI is InChI=1S/C19H17F2N3O6S/c1-10-7-14(30-23-10)16(25)22-5-6-24-17(26)15(31-19(24)27)9-11-3-4-12(29-18(20)21)13(8-11)28-2/h3-4,7-9,18H,5-6H2,1-2H3,(H,22,25)/b15-9-. The molecule has 1 fully saturated rings. The van der Waals surface area contributed by atoms with E-state index in [1.807, 2.05) is 0 Å². The average Bonchev–Trinajstić information content (AvgIpc) is 3.27. The van der Waals surface area contributed by atoms with Crippen molar-refractivity contribution in [3.05, 3.63) is 46.2 Å². The van der Waals surface area contributed by atoms with E-state index in [0.29, 0.717) is 11.3 Å². The molecule has 1 N–H and O–H groups in total. The number of halogens is 2. The number of aromatic nitrogens is 1. The van der Waals surface area contributed by atoms with Gasteiger partial charge in [0.05, 0.1) is 17.7 Å². The maximum Gasteiger partial charge on any atom is 0.387 e. The number of aryl methyl sites for hydroxylation is 1. The molecule has 2 heterocycles. The molecule has 1 aliphatic heterocycles. The van der Waals surface area contributed by atoms with Crippen molar-refractivity contribution in [3.63, 3.8) is 0 Å². The molecule has 1 aliphatic rings. The van der Waals surface area contributed by atoms with Crippen molar-refractivity contribution in [1.82, 2.24) is 15.4 Å². The van der Waals surface area contributed by atoms with Crippen molar-refractivity contribution >= 4 is 34.9 Å². The van der Waals surface area contributed by atoms with Gasteiger partial charge in [0, 0.05) is 19.2 Å². The van der Waals surface area contributed by atoms with Crippen molar-refractivity contribution in [3.8, 4) is 11.5 Å². The summed E-state index contributed by atoms with van der Waals surface area (Å²) >= 11 is 0.729. The number of benzene rings is 1. The lowest BCUT2D eigenvalue weighted by molar-refractivity contribution is -0.122. The fourth-order valence-corrected chi connectivity index (χ4v) is 3.52. The van der Waals surface area contributed by atoms with E-state index in [4.69, 9.17) is 9.26 Å². The van der Waals surface area contributed by atoms with E-state index in [2.05, 4.69) is 15.2 Å². The summed E-state index contributed by atoms with van der Waals surface area (Å²) in [4.78, 5) is 37.8. The van der Waals surface area contributed by atoms with Gasteiger partial charge in [-0.05, 0) is 42.5 Å². The van der Waals surface area contributed by atoms with Gasteiger partial charge in [-0.3, -0.25) is 19.3 Å². The zero-order chi connectivity index (χ0) is 22.5. The highest BCUT2D eigenvalue weighted by atomic mass is 32.2. The first-order valence-electron chi connectivity index (χ1n) is 8.88. The fourth-order valence-electron chi connectivity index (χ4n) is 2.65. The van der Waals surface area contributed by atoms with Gasteiger partial charge in [0.1, 0.15) is 0 Å². The molecular weight excluding hydrogens is 436 g/mol. The van der Waals surface area contributed by atoms with E-state index < -0.39 is 23.7 Å². The van der Waals surface area contributed by atoms with Gasteiger partial charge in [0.2, 0.25) is 5.76 Å². The minimum absolute atomic E-state index is 0.0252. The molecule has 1 aromatic carbocycles. The minimum Gasteiger partial charge on any atom is -0.493 e. The van der Waals surface area contributed by atoms with Crippen LogP contribution in [0.1, 0.15) is 21.8 Å². The van der Waals surface area contributed by atoms with E-state index in [-0.39, 0.29) is 35.3 Å². The maximum atomic E-state index is 12.6. The van der Waals surface area contributed by atoms with Gasteiger partial charge >= 0.3 is 6.61 Å². The predicted molar refractivity (Wildman–Crippen MR) is 106 cm³/mol. The topological polar surface area (TPSA) is 111 Å². The molecule has 12 heteroatoms. The van der Waals surface area contributed by atoms with Crippen molar-refractivity contribution in [2.24, 2.45) is 0 Å². The second-order valence-electron chi connectivity index (χ2n) is 6.21. The van der Waals surface area contributed by atoms with E-state index in [9.17, 15) is 23.2 Å². The van der Waals surface area contributed by atoms with Gasteiger partial charge in [-0.1, -0.05) is 11.2 Å². The third-order valence-electron chi connectivity index (χ3n) is 4.05. The lowest BCUT2D eigenvalue weighted by Crippen LogP contribution is -2.37. The average molecular weight is 453 g/mol. The number of rotatable bonds is 8. The van der Waals surface area contributed by atoms with Crippen LogP contribution in [0.4, 0.5) is 13.6 Å². The summed E-state index contributed by atoms with van der Waals surface area (Å²) in [6.07, 6.45) is 1.44. The van der Waals surface area contributed by atoms with Gasteiger partial charge in [-0.2, -0.15) is 8.78 Å². The van der Waals surface area contributed by atoms with Gasteiger partial charge < -0.3 is 19.3 Å². The van der Waals surface area contributed by atoms with Crippen LogP contribution in [0.5, 0.6) is 11.5 Å². The Labute approximate surface area is 179 Å². The second-order valence-corrected chi connectivity index (χ2v) is 7.20. The summed E-state index contributed by atoms with van der Waals surface area (Å²) < 4.78 is 39.1. The highest BCUT2D eigenvalue weighted by Gasteiger charge is 2.34. The van der Waals surface area contributed by atoms with E-state index in [0.717, 1.165) is 16.7 Å². The third-order valence-corrected chi connectivity index (χ3v) is 4.96.